The Morgan fingerprint density at radius 1 is 1.32 bits per heavy atom. The van der Waals surface area contributed by atoms with Gasteiger partial charge in [-0.3, -0.25) is 9.78 Å². The van der Waals surface area contributed by atoms with Crippen molar-refractivity contribution in [1.82, 2.24) is 9.97 Å². The number of ketones is 1. The molecule has 0 amide bonds. The van der Waals surface area contributed by atoms with Crippen LogP contribution in [0.4, 0.5) is 5.82 Å². The second-order valence-corrected chi connectivity index (χ2v) is 4.28. The molecular weight excluding hydrogens is 238 g/mol. The van der Waals surface area contributed by atoms with Gasteiger partial charge in [0.2, 0.25) is 0 Å². The van der Waals surface area contributed by atoms with Crippen molar-refractivity contribution >= 4 is 11.6 Å². The fourth-order valence-corrected chi connectivity index (χ4v) is 1.63. The average molecular weight is 253 g/mol. The maximum absolute atomic E-state index is 11.9. The van der Waals surface area contributed by atoms with Crippen molar-refractivity contribution in [2.75, 3.05) is 5.32 Å². The van der Waals surface area contributed by atoms with Crippen LogP contribution in [0.25, 0.3) is 0 Å². The lowest BCUT2D eigenvalue weighted by Gasteiger charge is -2.06. The maximum Gasteiger partial charge on any atom is 0.189 e. The smallest absolute Gasteiger partial charge is 0.189 e. The molecule has 0 saturated heterocycles. The van der Waals surface area contributed by atoms with Gasteiger partial charge in [-0.2, -0.15) is 0 Å². The third-order valence-electron chi connectivity index (χ3n) is 2.53. The number of pyridine rings is 2. The molecule has 96 valence electrons. The third-order valence-corrected chi connectivity index (χ3v) is 2.53. The SMILES string of the molecule is C/C(=C\C(=O)c1cccnc1)Nc1cc(C)ccn1. The number of aromatic nitrogens is 2. The number of hydrogen-bond donors (Lipinski definition) is 1. The predicted octanol–water partition coefficient (Wildman–Crippen LogP) is 2.98. The first-order chi connectivity index (χ1) is 9.15. The Hall–Kier alpha value is -2.49. The summed E-state index contributed by atoms with van der Waals surface area (Å²) in [5, 5.41) is 3.09. The third kappa shape index (κ3) is 3.74. The highest BCUT2D eigenvalue weighted by molar-refractivity contribution is 6.04. The van der Waals surface area contributed by atoms with Gasteiger partial charge in [0, 0.05) is 35.9 Å². The van der Waals surface area contributed by atoms with E-state index in [-0.39, 0.29) is 5.78 Å². The Kier molecular flexibility index (Phi) is 4.03. The van der Waals surface area contributed by atoms with Gasteiger partial charge >= 0.3 is 0 Å². The average Bonchev–Trinajstić information content (AvgIpc) is 2.39. The molecule has 0 unspecified atom stereocenters. The van der Waals surface area contributed by atoms with Gasteiger partial charge in [-0.1, -0.05) is 0 Å². The monoisotopic (exact) mass is 253 g/mol. The minimum absolute atomic E-state index is 0.0780. The summed E-state index contributed by atoms with van der Waals surface area (Å²) in [5.74, 6) is 0.651. The Labute approximate surface area is 112 Å². The molecule has 0 fully saturated rings. The number of allylic oxidation sites excluding steroid dienone is 2. The maximum atomic E-state index is 11.9. The molecule has 2 heterocycles. The minimum Gasteiger partial charge on any atom is -0.344 e. The predicted molar refractivity (Wildman–Crippen MR) is 74.9 cm³/mol. The van der Waals surface area contributed by atoms with E-state index in [1.807, 2.05) is 26.0 Å². The molecule has 19 heavy (non-hydrogen) atoms. The van der Waals surface area contributed by atoms with Gasteiger partial charge in [-0.25, -0.2) is 4.98 Å². The van der Waals surface area contributed by atoms with Gasteiger partial charge in [0.05, 0.1) is 0 Å². The van der Waals surface area contributed by atoms with Crippen LogP contribution in [-0.2, 0) is 0 Å². The number of anilines is 1. The van der Waals surface area contributed by atoms with E-state index in [2.05, 4.69) is 15.3 Å². The molecule has 0 aliphatic rings. The fraction of sp³-hybridized carbons (Fsp3) is 0.133. The van der Waals surface area contributed by atoms with Crippen LogP contribution < -0.4 is 5.32 Å². The van der Waals surface area contributed by atoms with Crippen molar-refractivity contribution < 1.29 is 4.79 Å². The summed E-state index contributed by atoms with van der Waals surface area (Å²) in [6, 6.07) is 7.33. The summed E-state index contributed by atoms with van der Waals surface area (Å²) in [4.78, 5) is 20.0. The second kappa shape index (κ2) is 5.91. The van der Waals surface area contributed by atoms with Crippen LogP contribution in [0.2, 0.25) is 0 Å². The minimum atomic E-state index is -0.0780. The van der Waals surface area contributed by atoms with E-state index < -0.39 is 0 Å². The zero-order valence-corrected chi connectivity index (χ0v) is 10.9. The summed E-state index contributed by atoms with van der Waals surface area (Å²) in [6.07, 6.45) is 6.47. The Bertz CT molecular complexity index is 606. The van der Waals surface area contributed by atoms with E-state index in [1.54, 1.807) is 36.8 Å². The van der Waals surface area contributed by atoms with E-state index >= 15 is 0 Å². The molecule has 0 saturated carbocycles. The summed E-state index contributed by atoms with van der Waals surface area (Å²) in [5.41, 5.74) is 2.43. The van der Waals surface area contributed by atoms with Gasteiger partial charge in [0.15, 0.2) is 5.78 Å². The van der Waals surface area contributed by atoms with Crippen LogP contribution in [0.5, 0.6) is 0 Å². The van der Waals surface area contributed by atoms with Crippen molar-refractivity contribution in [2.24, 2.45) is 0 Å². The van der Waals surface area contributed by atoms with Gasteiger partial charge < -0.3 is 5.32 Å². The van der Waals surface area contributed by atoms with Crippen molar-refractivity contribution in [3.05, 3.63) is 65.8 Å². The van der Waals surface area contributed by atoms with Crippen molar-refractivity contribution in [3.8, 4) is 0 Å². The van der Waals surface area contributed by atoms with E-state index in [0.29, 0.717) is 5.56 Å². The zero-order valence-electron chi connectivity index (χ0n) is 10.9. The summed E-state index contributed by atoms with van der Waals surface area (Å²) in [6.45, 7) is 3.82. The van der Waals surface area contributed by atoms with Gasteiger partial charge in [-0.05, 0) is 43.7 Å². The number of nitrogens with zero attached hydrogens (tertiary/aromatic N) is 2. The van der Waals surface area contributed by atoms with E-state index in [1.165, 1.54) is 0 Å². The van der Waals surface area contributed by atoms with Crippen molar-refractivity contribution in [3.63, 3.8) is 0 Å². The van der Waals surface area contributed by atoms with Crippen LogP contribution >= 0.6 is 0 Å². The number of aryl methyl sites for hydroxylation is 1. The van der Waals surface area contributed by atoms with Crippen molar-refractivity contribution in [2.45, 2.75) is 13.8 Å². The molecule has 2 aromatic heterocycles. The van der Waals surface area contributed by atoms with Crippen LogP contribution in [-0.4, -0.2) is 15.8 Å². The molecule has 0 atom stereocenters. The number of carbonyl (C=O) groups excluding carboxylic acids is 1. The lowest BCUT2D eigenvalue weighted by atomic mass is 10.1. The van der Waals surface area contributed by atoms with E-state index in [0.717, 1.165) is 17.1 Å². The molecule has 0 aliphatic heterocycles. The molecule has 4 heteroatoms. The van der Waals surface area contributed by atoms with Crippen LogP contribution in [0.3, 0.4) is 0 Å². The second-order valence-electron chi connectivity index (χ2n) is 4.28. The molecule has 0 bridgehead atoms. The Morgan fingerprint density at radius 3 is 2.84 bits per heavy atom. The molecule has 0 aromatic carbocycles. The lowest BCUT2D eigenvalue weighted by Crippen LogP contribution is -2.02. The number of nitrogens with one attached hydrogen (secondary N) is 1. The topological polar surface area (TPSA) is 54.9 Å². The summed E-state index contributed by atoms with van der Waals surface area (Å²) >= 11 is 0. The number of hydrogen-bond acceptors (Lipinski definition) is 4. The highest BCUT2D eigenvalue weighted by Crippen LogP contribution is 2.09. The molecule has 2 rings (SSSR count). The van der Waals surface area contributed by atoms with Crippen LogP contribution in [0.15, 0.2) is 54.6 Å². The Balaban J connectivity index is 2.09. The first-order valence-electron chi connectivity index (χ1n) is 5.97. The standard InChI is InChI=1S/C15H15N3O/c1-11-5-7-17-15(8-11)18-12(2)9-14(19)13-4-3-6-16-10-13/h3-10H,1-2H3,(H,17,18)/b12-9+. The lowest BCUT2D eigenvalue weighted by molar-refractivity contribution is 0.104. The highest BCUT2D eigenvalue weighted by atomic mass is 16.1. The van der Waals surface area contributed by atoms with Crippen LogP contribution in [0, 0.1) is 6.92 Å². The molecule has 2 aromatic rings. The Morgan fingerprint density at radius 2 is 2.16 bits per heavy atom. The van der Waals surface area contributed by atoms with Crippen LogP contribution in [0.1, 0.15) is 22.8 Å². The normalized spacial score (nSPS) is 11.2. The van der Waals surface area contributed by atoms with E-state index in [9.17, 15) is 4.79 Å². The molecule has 0 spiro atoms. The largest absolute Gasteiger partial charge is 0.344 e. The fourth-order valence-electron chi connectivity index (χ4n) is 1.63. The molecule has 4 nitrogen and oxygen atoms in total. The first kappa shape index (κ1) is 13.0. The summed E-state index contributed by atoms with van der Waals surface area (Å²) in [7, 11) is 0. The number of carbonyl (C=O) groups is 1. The first-order valence-corrected chi connectivity index (χ1v) is 5.97. The van der Waals surface area contributed by atoms with E-state index in [4.69, 9.17) is 0 Å². The molecule has 0 aliphatic carbocycles. The summed E-state index contributed by atoms with van der Waals surface area (Å²) < 4.78 is 0. The van der Waals surface area contributed by atoms with Crippen molar-refractivity contribution in [1.29, 1.82) is 0 Å². The van der Waals surface area contributed by atoms with Gasteiger partial charge in [0.1, 0.15) is 5.82 Å². The number of rotatable bonds is 4. The molecule has 0 radical (unpaired) electrons. The highest BCUT2D eigenvalue weighted by Gasteiger charge is 2.03. The quantitative estimate of drug-likeness (QED) is 0.672. The zero-order chi connectivity index (χ0) is 13.7. The molecular formula is C15H15N3O. The molecule has 1 N–H and O–H groups in total. The van der Waals surface area contributed by atoms with Gasteiger partial charge in [0.25, 0.3) is 0 Å². The van der Waals surface area contributed by atoms with Gasteiger partial charge in [-0.15, -0.1) is 0 Å².